The minimum atomic E-state index is -0.303. The van der Waals surface area contributed by atoms with E-state index in [1.165, 1.54) is 0 Å². The standard InChI is InChI=1S/C16H20ClN5O2/c1-22-16(20-15(21-22)11-6-8-18-9-7-11)19-14(23)10-24-13-5-3-2-4-12(13)17/h2-5,11,18H,6-10H2,1H3,(H,19,20,21,23). The third kappa shape index (κ3) is 4.04. The van der Waals surface area contributed by atoms with Gasteiger partial charge in [0.25, 0.3) is 5.91 Å². The number of ether oxygens (including phenoxy) is 1. The van der Waals surface area contributed by atoms with E-state index in [0.717, 1.165) is 31.8 Å². The first-order valence-corrected chi connectivity index (χ1v) is 8.30. The quantitative estimate of drug-likeness (QED) is 0.862. The first-order valence-electron chi connectivity index (χ1n) is 7.92. The number of halogens is 1. The molecule has 128 valence electrons. The van der Waals surface area contributed by atoms with E-state index >= 15 is 0 Å². The normalized spacial score (nSPS) is 15.2. The summed E-state index contributed by atoms with van der Waals surface area (Å²) >= 11 is 5.99. The van der Waals surface area contributed by atoms with Gasteiger partial charge in [0.2, 0.25) is 5.95 Å². The van der Waals surface area contributed by atoms with Crippen LogP contribution in [0.1, 0.15) is 24.6 Å². The van der Waals surface area contributed by atoms with E-state index in [2.05, 4.69) is 20.7 Å². The van der Waals surface area contributed by atoms with Gasteiger partial charge >= 0.3 is 0 Å². The lowest BCUT2D eigenvalue weighted by atomic mass is 9.98. The summed E-state index contributed by atoms with van der Waals surface area (Å²) in [4.78, 5) is 16.5. The molecule has 1 fully saturated rings. The minimum Gasteiger partial charge on any atom is -0.482 e. The number of nitrogens with zero attached hydrogens (tertiary/aromatic N) is 3. The molecule has 8 heteroatoms. The Hall–Kier alpha value is -2.12. The molecule has 0 spiro atoms. The molecule has 0 atom stereocenters. The molecule has 1 aromatic carbocycles. The number of aromatic nitrogens is 3. The number of carbonyl (C=O) groups excluding carboxylic acids is 1. The van der Waals surface area contributed by atoms with E-state index in [4.69, 9.17) is 16.3 Å². The second-order valence-electron chi connectivity index (χ2n) is 5.71. The number of para-hydroxylation sites is 1. The van der Waals surface area contributed by atoms with Gasteiger partial charge in [0.1, 0.15) is 5.75 Å². The molecule has 0 saturated carbocycles. The van der Waals surface area contributed by atoms with Crippen molar-refractivity contribution in [1.82, 2.24) is 20.1 Å². The maximum absolute atomic E-state index is 12.1. The van der Waals surface area contributed by atoms with Crippen molar-refractivity contribution in [3.63, 3.8) is 0 Å². The number of hydrogen-bond donors (Lipinski definition) is 2. The van der Waals surface area contributed by atoms with Crippen molar-refractivity contribution in [3.8, 4) is 5.75 Å². The van der Waals surface area contributed by atoms with Crippen molar-refractivity contribution in [2.75, 3.05) is 25.0 Å². The highest BCUT2D eigenvalue weighted by molar-refractivity contribution is 6.32. The lowest BCUT2D eigenvalue weighted by Gasteiger charge is -2.19. The molecule has 0 unspecified atom stereocenters. The molecule has 1 aliphatic rings. The van der Waals surface area contributed by atoms with Crippen molar-refractivity contribution in [1.29, 1.82) is 0 Å². The van der Waals surface area contributed by atoms with Crippen molar-refractivity contribution < 1.29 is 9.53 Å². The summed E-state index contributed by atoms with van der Waals surface area (Å²) in [6, 6.07) is 7.03. The number of piperidine rings is 1. The van der Waals surface area contributed by atoms with E-state index in [1.807, 2.05) is 0 Å². The van der Waals surface area contributed by atoms with Crippen molar-refractivity contribution in [2.24, 2.45) is 7.05 Å². The number of amides is 1. The highest BCUT2D eigenvalue weighted by Gasteiger charge is 2.21. The predicted molar refractivity (Wildman–Crippen MR) is 91.4 cm³/mol. The Balaban J connectivity index is 1.58. The van der Waals surface area contributed by atoms with Crippen LogP contribution >= 0.6 is 11.6 Å². The van der Waals surface area contributed by atoms with Gasteiger partial charge in [-0.15, -0.1) is 0 Å². The Morgan fingerprint density at radius 3 is 2.92 bits per heavy atom. The molecule has 2 N–H and O–H groups in total. The lowest BCUT2D eigenvalue weighted by Crippen LogP contribution is -2.27. The van der Waals surface area contributed by atoms with Gasteiger partial charge in [-0.1, -0.05) is 23.7 Å². The Labute approximate surface area is 145 Å². The monoisotopic (exact) mass is 349 g/mol. The van der Waals surface area contributed by atoms with Crippen LogP contribution < -0.4 is 15.4 Å². The summed E-state index contributed by atoms with van der Waals surface area (Å²) in [5.41, 5.74) is 0. The summed E-state index contributed by atoms with van der Waals surface area (Å²) in [7, 11) is 1.77. The number of nitrogens with one attached hydrogen (secondary N) is 2. The zero-order valence-corrected chi connectivity index (χ0v) is 14.2. The second-order valence-corrected chi connectivity index (χ2v) is 6.12. The summed E-state index contributed by atoms with van der Waals surface area (Å²) in [6.45, 7) is 1.80. The van der Waals surface area contributed by atoms with Crippen LogP contribution in [0.5, 0.6) is 5.75 Å². The van der Waals surface area contributed by atoms with Crippen LogP contribution in [0.4, 0.5) is 5.95 Å². The third-order valence-corrected chi connectivity index (χ3v) is 4.24. The predicted octanol–water partition coefficient (Wildman–Crippen LogP) is 1.95. The number of carbonyl (C=O) groups is 1. The van der Waals surface area contributed by atoms with Crippen LogP contribution in [0.25, 0.3) is 0 Å². The molecule has 0 radical (unpaired) electrons. The Bertz CT molecular complexity index is 712. The van der Waals surface area contributed by atoms with Gasteiger partial charge in [0.15, 0.2) is 12.4 Å². The number of aryl methyl sites for hydroxylation is 1. The molecule has 24 heavy (non-hydrogen) atoms. The summed E-state index contributed by atoms with van der Waals surface area (Å²) in [5.74, 6) is 1.71. The van der Waals surface area contributed by atoms with Gasteiger partial charge < -0.3 is 10.1 Å². The first kappa shape index (κ1) is 16.7. The molecule has 1 aromatic heterocycles. The first-order chi connectivity index (χ1) is 11.6. The van der Waals surface area contributed by atoms with Crippen molar-refractivity contribution in [2.45, 2.75) is 18.8 Å². The molecule has 1 aliphatic heterocycles. The molecular weight excluding hydrogens is 330 g/mol. The molecule has 1 saturated heterocycles. The van der Waals surface area contributed by atoms with E-state index < -0.39 is 0 Å². The SMILES string of the molecule is Cn1nc(C2CCNCC2)nc1NC(=O)COc1ccccc1Cl. The molecule has 1 amide bonds. The molecule has 2 heterocycles. The highest BCUT2D eigenvalue weighted by Crippen LogP contribution is 2.24. The fourth-order valence-corrected chi connectivity index (χ4v) is 2.82. The average molecular weight is 350 g/mol. The van der Waals surface area contributed by atoms with Crippen LogP contribution in [-0.2, 0) is 11.8 Å². The minimum absolute atomic E-state index is 0.140. The van der Waals surface area contributed by atoms with Gasteiger partial charge in [0, 0.05) is 13.0 Å². The van der Waals surface area contributed by atoms with Crippen LogP contribution in [0, 0.1) is 0 Å². The average Bonchev–Trinajstić information content (AvgIpc) is 2.96. The molecule has 2 aromatic rings. The van der Waals surface area contributed by atoms with Crippen LogP contribution in [0.2, 0.25) is 5.02 Å². The van der Waals surface area contributed by atoms with E-state index in [-0.39, 0.29) is 12.5 Å². The molecule has 3 rings (SSSR count). The van der Waals surface area contributed by atoms with E-state index in [1.54, 1.807) is 36.0 Å². The van der Waals surface area contributed by atoms with E-state index in [9.17, 15) is 4.79 Å². The Kier molecular flexibility index (Phi) is 5.32. The fourth-order valence-electron chi connectivity index (χ4n) is 2.63. The Morgan fingerprint density at radius 1 is 1.42 bits per heavy atom. The number of anilines is 1. The van der Waals surface area contributed by atoms with Gasteiger partial charge in [-0.25, -0.2) is 4.68 Å². The molecule has 0 bridgehead atoms. The molecular formula is C16H20ClN5O2. The maximum atomic E-state index is 12.1. The Morgan fingerprint density at radius 2 is 2.17 bits per heavy atom. The summed E-state index contributed by atoms with van der Waals surface area (Å²) in [6.07, 6.45) is 2.01. The van der Waals surface area contributed by atoms with Crippen LogP contribution in [0.15, 0.2) is 24.3 Å². The van der Waals surface area contributed by atoms with Gasteiger partial charge in [-0.2, -0.15) is 10.1 Å². The lowest BCUT2D eigenvalue weighted by molar-refractivity contribution is -0.118. The molecule has 0 aliphatic carbocycles. The number of hydrogen-bond acceptors (Lipinski definition) is 5. The zero-order valence-electron chi connectivity index (χ0n) is 13.5. The highest BCUT2D eigenvalue weighted by atomic mass is 35.5. The topological polar surface area (TPSA) is 81.1 Å². The number of rotatable bonds is 5. The third-order valence-electron chi connectivity index (χ3n) is 3.93. The van der Waals surface area contributed by atoms with Gasteiger partial charge in [0.05, 0.1) is 5.02 Å². The van der Waals surface area contributed by atoms with Gasteiger partial charge in [-0.3, -0.25) is 10.1 Å². The van der Waals surface area contributed by atoms with Crippen molar-refractivity contribution >= 4 is 23.5 Å². The van der Waals surface area contributed by atoms with Crippen molar-refractivity contribution in [3.05, 3.63) is 35.1 Å². The van der Waals surface area contributed by atoms with E-state index in [0.29, 0.717) is 22.6 Å². The maximum Gasteiger partial charge on any atom is 0.264 e. The largest absolute Gasteiger partial charge is 0.482 e. The summed E-state index contributed by atoms with van der Waals surface area (Å²) in [5, 5.41) is 10.9. The second kappa shape index (κ2) is 7.63. The fraction of sp³-hybridized carbons (Fsp3) is 0.438. The van der Waals surface area contributed by atoms with Crippen LogP contribution in [0.3, 0.4) is 0 Å². The number of benzene rings is 1. The van der Waals surface area contributed by atoms with Gasteiger partial charge in [-0.05, 0) is 38.1 Å². The summed E-state index contributed by atoms with van der Waals surface area (Å²) < 4.78 is 7.01. The zero-order chi connectivity index (χ0) is 16.9. The molecule has 7 nitrogen and oxygen atoms in total. The van der Waals surface area contributed by atoms with Crippen LogP contribution in [-0.4, -0.2) is 40.4 Å². The smallest absolute Gasteiger partial charge is 0.264 e.